The van der Waals surface area contributed by atoms with Gasteiger partial charge in [0.2, 0.25) is 5.89 Å². The Morgan fingerprint density at radius 2 is 2.20 bits per heavy atom. The lowest BCUT2D eigenvalue weighted by Gasteiger charge is -2.04. The van der Waals surface area contributed by atoms with Crippen molar-refractivity contribution >= 4 is 11.2 Å². The molecule has 15 heavy (non-hydrogen) atoms. The predicted octanol–water partition coefficient (Wildman–Crippen LogP) is 1.52. The van der Waals surface area contributed by atoms with E-state index >= 15 is 0 Å². The Morgan fingerprint density at radius 3 is 2.87 bits per heavy atom. The summed E-state index contributed by atoms with van der Waals surface area (Å²) in [5.74, 6) is 0.762. The number of oxazole rings is 1. The molecule has 0 amide bonds. The maximum absolute atomic E-state index is 5.73. The summed E-state index contributed by atoms with van der Waals surface area (Å²) in [5, 5.41) is 0. The lowest BCUT2D eigenvalue weighted by molar-refractivity contribution is 0.462. The lowest BCUT2D eigenvalue weighted by atomic mass is 10.1. The molecule has 0 atom stereocenters. The van der Waals surface area contributed by atoms with E-state index in [0.29, 0.717) is 12.2 Å². The molecule has 0 radical (unpaired) electrons. The minimum absolute atomic E-state index is 0.00854. The van der Waals surface area contributed by atoms with Gasteiger partial charge in [0.15, 0.2) is 11.2 Å². The first-order valence-corrected chi connectivity index (χ1v) is 5.18. The molecule has 2 aromatic heterocycles. The number of fused-ring (bicyclic) bond motifs is 1. The van der Waals surface area contributed by atoms with Gasteiger partial charge in [-0.15, -0.1) is 0 Å². The molecule has 78 valence electrons. The summed E-state index contributed by atoms with van der Waals surface area (Å²) in [6, 6.07) is 3.85. The molecule has 3 rings (SSSR count). The van der Waals surface area contributed by atoms with E-state index in [1.54, 1.807) is 0 Å². The standard InChI is InChI=1S/C11H13N3O/c1-7-2-3-8-9(13-7)14-10(15-8)11(6-12)4-5-11/h2-3H,4-6,12H2,1H3. The molecular formula is C11H13N3O. The molecule has 1 aliphatic rings. The predicted molar refractivity (Wildman–Crippen MR) is 56.5 cm³/mol. The third-order valence-electron chi connectivity index (χ3n) is 3.09. The number of hydrogen-bond acceptors (Lipinski definition) is 4. The molecule has 2 heterocycles. The topological polar surface area (TPSA) is 64.9 Å². The van der Waals surface area contributed by atoms with Gasteiger partial charge in [-0.2, -0.15) is 4.98 Å². The van der Waals surface area contributed by atoms with Crippen molar-refractivity contribution in [1.82, 2.24) is 9.97 Å². The van der Waals surface area contributed by atoms with Crippen molar-refractivity contribution in [3.8, 4) is 0 Å². The number of aromatic nitrogens is 2. The van der Waals surface area contributed by atoms with Crippen molar-refractivity contribution in [3.63, 3.8) is 0 Å². The van der Waals surface area contributed by atoms with E-state index in [-0.39, 0.29) is 5.41 Å². The van der Waals surface area contributed by atoms with E-state index in [1.165, 1.54) is 0 Å². The van der Waals surface area contributed by atoms with Gasteiger partial charge < -0.3 is 10.2 Å². The van der Waals surface area contributed by atoms with Gasteiger partial charge in [-0.3, -0.25) is 0 Å². The molecule has 1 fully saturated rings. The van der Waals surface area contributed by atoms with E-state index in [2.05, 4.69) is 9.97 Å². The molecule has 0 saturated heterocycles. The zero-order chi connectivity index (χ0) is 10.5. The average molecular weight is 203 g/mol. The second kappa shape index (κ2) is 2.79. The Kier molecular flexibility index (Phi) is 1.65. The quantitative estimate of drug-likeness (QED) is 0.803. The molecule has 4 nitrogen and oxygen atoms in total. The molecule has 0 aromatic carbocycles. The van der Waals surface area contributed by atoms with Crippen LogP contribution in [0.1, 0.15) is 24.4 Å². The van der Waals surface area contributed by atoms with Crippen LogP contribution in [0.2, 0.25) is 0 Å². The van der Waals surface area contributed by atoms with E-state index in [4.69, 9.17) is 10.2 Å². The molecular weight excluding hydrogens is 190 g/mol. The first-order chi connectivity index (χ1) is 7.23. The first-order valence-electron chi connectivity index (χ1n) is 5.18. The molecule has 1 saturated carbocycles. The van der Waals surface area contributed by atoms with Gasteiger partial charge in [-0.1, -0.05) is 0 Å². The van der Waals surface area contributed by atoms with Crippen LogP contribution in [-0.4, -0.2) is 16.5 Å². The van der Waals surface area contributed by atoms with Crippen LogP contribution in [0.3, 0.4) is 0 Å². The Bertz CT molecular complexity index is 514. The minimum atomic E-state index is 0.00854. The van der Waals surface area contributed by atoms with Crippen LogP contribution >= 0.6 is 0 Å². The van der Waals surface area contributed by atoms with Crippen molar-refractivity contribution in [2.75, 3.05) is 6.54 Å². The molecule has 0 bridgehead atoms. The average Bonchev–Trinajstić information content (AvgIpc) is 2.93. The summed E-state index contributed by atoms with van der Waals surface area (Å²) in [7, 11) is 0. The normalized spacial score (nSPS) is 18.3. The largest absolute Gasteiger partial charge is 0.438 e. The number of hydrogen-bond donors (Lipinski definition) is 1. The van der Waals surface area contributed by atoms with Crippen molar-refractivity contribution in [3.05, 3.63) is 23.7 Å². The van der Waals surface area contributed by atoms with E-state index in [1.807, 2.05) is 19.1 Å². The van der Waals surface area contributed by atoms with Gasteiger partial charge in [0.25, 0.3) is 0 Å². The summed E-state index contributed by atoms with van der Waals surface area (Å²) in [6.07, 6.45) is 2.16. The van der Waals surface area contributed by atoms with E-state index in [9.17, 15) is 0 Å². The number of aryl methyl sites for hydroxylation is 1. The summed E-state index contributed by atoms with van der Waals surface area (Å²) >= 11 is 0. The van der Waals surface area contributed by atoms with Gasteiger partial charge in [0, 0.05) is 12.2 Å². The molecule has 0 unspecified atom stereocenters. The van der Waals surface area contributed by atoms with Crippen LogP contribution < -0.4 is 5.73 Å². The van der Waals surface area contributed by atoms with Crippen LogP contribution in [-0.2, 0) is 5.41 Å². The molecule has 2 aromatic rings. The van der Waals surface area contributed by atoms with Crippen LogP contribution in [0.15, 0.2) is 16.5 Å². The second-order valence-corrected chi connectivity index (χ2v) is 4.28. The monoisotopic (exact) mass is 203 g/mol. The van der Waals surface area contributed by atoms with E-state index < -0.39 is 0 Å². The number of nitrogens with two attached hydrogens (primary N) is 1. The highest BCUT2D eigenvalue weighted by Crippen LogP contribution is 2.47. The van der Waals surface area contributed by atoms with Crippen LogP contribution in [0.25, 0.3) is 11.2 Å². The Balaban J connectivity index is 2.14. The van der Waals surface area contributed by atoms with Crippen LogP contribution in [0.5, 0.6) is 0 Å². The fourth-order valence-corrected chi connectivity index (χ4v) is 1.80. The summed E-state index contributed by atoms with van der Waals surface area (Å²) in [5.41, 5.74) is 8.16. The van der Waals surface area contributed by atoms with Crippen LogP contribution in [0.4, 0.5) is 0 Å². The highest BCUT2D eigenvalue weighted by atomic mass is 16.4. The third kappa shape index (κ3) is 1.25. The summed E-state index contributed by atoms with van der Waals surface area (Å²) in [4.78, 5) is 8.75. The van der Waals surface area contributed by atoms with Crippen molar-refractivity contribution in [2.24, 2.45) is 5.73 Å². The van der Waals surface area contributed by atoms with Gasteiger partial charge in [-0.25, -0.2) is 4.98 Å². The highest BCUT2D eigenvalue weighted by molar-refractivity contribution is 5.68. The van der Waals surface area contributed by atoms with Gasteiger partial charge in [0.1, 0.15) is 0 Å². The fraction of sp³-hybridized carbons (Fsp3) is 0.455. The number of pyridine rings is 1. The van der Waals surface area contributed by atoms with Gasteiger partial charge in [0.05, 0.1) is 5.41 Å². The SMILES string of the molecule is Cc1ccc2oc(C3(CN)CC3)nc2n1. The molecule has 2 N–H and O–H groups in total. The van der Waals surface area contributed by atoms with Crippen LogP contribution in [0, 0.1) is 6.92 Å². The summed E-state index contributed by atoms with van der Waals surface area (Å²) in [6.45, 7) is 2.56. The van der Waals surface area contributed by atoms with Crippen molar-refractivity contribution in [1.29, 1.82) is 0 Å². The maximum Gasteiger partial charge on any atom is 0.204 e. The molecule has 1 aliphatic carbocycles. The van der Waals surface area contributed by atoms with Gasteiger partial charge in [-0.05, 0) is 31.9 Å². The lowest BCUT2D eigenvalue weighted by Crippen LogP contribution is -2.19. The third-order valence-corrected chi connectivity index (χ3v) is 3.09. The zero-order valence-electron chi connectivity index (χ0n) is 8.66. The van der Waals surface area contributed by atoms with E-state index in [0.717, 1.165) is 30.0 Å². The Labute approximate surface area is 87.5 Å². The smallest absolute Gasteiger partial charge is 0.204 e. The second-order valence-electron chi connectivity index (χ2n) is 4.28. The minimum Gasteiger partial charge on any atom is -0.438 e. The Hall–Kier alpha value is -1.42. The molecule has 0 aliphatic heterocycles. The van der Waals surface area contributed by atoms with Gasteiger partial charge >= 0.3 is 0 Å². The number of nitrogens with zero attached hydrogens (tertiary/aromatic N) is 2. The van der Waals surface area contributed by atoms with Crippen molar-refractivity contribution < 1.29 is 4.42 Å². The summed E-state index contributed by atoms with van der Waals surface area (Å²) < 4.78 is 5.69. The maximum atomic E-state index is 5.73. The Morgan fingerprint density at radius 1 is 1.40 bits per heavy atom. The fourth-order valence-electron chi connectivity index (χ4n) is 1.80. The number of rotatable bonds is 2. The highest BCUT2D eigenvalue weighted by Gasteiger charge is 2.47. The first kappa shape index (κ1) is 8.85. The molecule has 0 spiro atoms. The zero-order valence-corrected chi connectivity index (χ0v) is 8.66. The molecule has 4 heteroatoms. The van der Waals surface area contributed by atoms with Crippen molar-refractivity contribution in [2.45, 2.75) is 25.2 Å².